The summed E-state index contributed by atoms with van der Waals surface area (Å²) >= 11 is 0. The molecule has 6 aromatic rings. The molecule has 4 aromatic carbocycles. The number of aliphatic carboxylic acids is 2. The van der Waals surface area contributed by atoms with Gasteiger partial charge in [-0.15, -0.1) is 0 Å². The number of hydrogen-bond acceptors (Lipinski definition) is 10. The van der Waals surface area contributed by atoms with Crippen LogP contribution in [-0.4, -0.2) is 124 Å². The number of hydrogen-bond donors (Lipinski definition) is 6. The molecule has 69 heavy (non-hydrogen) atoms. The third-order valence-corrected chi connectivity index (χ3v) is 12.9. The highest BCUT2D eigenvalue weighted by atomic mass is 16.4. The third kappa shape index (κ3) is 10.2. The van der Waals surface area contributed by atoms with Gasteiger partial charge in [0, 0.05) is 73.2 Å². The fraction of sp³-hybridized carbons (Fsp3) is 0.294. The fourth-order valence-corrected chi connectivity index (χ4v) is 9.36. The highest BCUT2D eigenvalue weighted by Gasteiger charge is 2.41. The van der Waals surface area contributed by atoms with E-state index in [-0.39, 0.29) is 61.4 Å². The fourth-order valence-electron chi connectivity index (χ4n) is 9.36. The van der Waals surface area contributed by atoms with Crippen molar-refractivity contribution in [1.29, 1.82) is 0 Å². The number of fused-ring (bicyclic) bond motifs is 2. The lowest BCUT2D eigenvalue weighted by molar-refractivity contribution is -0.143. The van der Waals surface area contributed by atoms with Gasteiger partial charge in [0.25, 0.3) is 23.4 Å². The normalized spacial score (nSPS) is 16.6. The van der Waals surface area contributed by atoms with Crippen molar-refractivity contribution in [2.24, 2.45) is 0 Å². The third-order valence-electron chi connectivity index (χ3n) is 12.9. The first-order valence-electron chi connectivity index (χ1n) is 22.7. The van der Waals surface area contributed by atoms with E-state index in [2.05, 4.69) is 10.6 Å². The zero-order valence-electron chi connectivity index (χ0n) is 37.3. The van der Waals surface area contributed by atoms with Gasteiger partial charge in [0.2, 0.25) is 11.8 Å². The molecule has 4 atom stereocenters. The van der Waals surface area contributed by atoms with Gasteiger partial charge in [0.1, 0.15) is 35.7 Å². The van der Waals surface area contributed by atoms with E-state index in [0.717, 1.165) is 0 Å². The van der Waals surface area contributed by atoms with Gasteiger partial charge < -0.3 is 50.0 Å². The number of benzene rings is 4. The van der Waals surface area contributed by atoms with Gasteiger partial charge in [0.05, 0.1) is 11.1 Å². The molecular weight excluding hydrogens is 889 g/mol. The number of carboxylic acid groups (broad SMARTS) is 2. The van der Waals surface area contributed by atoms with Crippen molar-refractivity contribution in [3.05, 3.63) is 132 Å². The van der Waals surface area contributed by atoms with Crippen LogP contribution >= 0.6 is 0 Å². The number of nitrogens with zero attached hydrogens (tertiary/aromatic N) is 4. The Labute approximate surface area is 394 Å². The SMILES string of the molecule is O=C(C(=O)N1CCC[C@@H]1C(=O)N[C@@H](Cc1ccc(O)cc1)C(=O)O)c1cn(CCCn2cc(C(=O)C(=O)N3CCC[C@H]3C(=O)N[C@@H](Cc3ccc(O)cc3)C(=O)O)c3ccccc32)c2ccccc12. The lowest BCUT2D eigenvalue weighted by atomic mass is 10.0. The number of amides is 4. The summed E-state index contributed by atoms with van der Waals surface area (Å²) in [5.41, 5.74) is 2.77. The van der Waals surface area contributed by atoms with Gasteiger partial charge in [-0.25, -0.2) is 9.59 Å². The van der Waals surface area contributed by atoms with E-state index >= 15 is 0 Å². The molecule has 8 rings (SSSR count). The van der Waals surface area contributed by atoms with E-state index in [1.165, 1.54) is 34.1 Å². The Morgan fingerprint density at radius 1 is 0.536 bits per heavy atom. The second-order valence-corrected chi connectivity index (χ2v) is 17.4. The molecule has 0 radical (unpaired) electrons. The van der Waals surface area contributed by atoms with Crippen molar-refractivity contribution < 1.29 is 58.8 Å². The number of carboxylic acids is 2. The molecule has 18 heteroatoms. The van der Waals surface area contributed by atoms with Crippen LogP contribution in [0.15, 0.2) is 109 Å². The number of phenols is 2. The minimum absolute atomic E-state index is 0.00774. The van der Waals surface area contributed by atoms with Gasteiger partial charge in [-0.05, 0) is 79.6 Å². The minimum Gasteiger partial charge on any atom is -0.508 e. The van der Waals surface area contributed by atoms with Crippen LogP contribution in [0.2, 0.25) is 0 Å². The Hall–Kier alpha value is -8.28. The summed E-state index contributed by atoms with van der Waals surface area (Å²) < 4.78 is 3.70. The molecule has 0 unspecified atom stereocenters. The topological polar surface area (TPSA) is 258 Å². The summed E-state index contributed by atoms with van der Waals surface area (Å²) in [7, 11) is 0. The van der Waals surface area contributed by atoms with Crippen LogP contribution in [0.3, 0.4) is 0 Å². The molecule has 0 aliphatic carbocycles. The summed E-state index contributed by atoms with van der Waals surface area (Å²) in [4.78, 5) is 109. The molecule has 4 amide bonds. The second kappa shape index (κ2) is 20.3. The van der Waals surface area contributed by atoms with Gasteiger partial charge in [-0.1, -0.05) is 60.7 Å². The van der Waals surface area contributed by atoms with Crippen molar-refractivity contribution in [2.75, 3.05) is 13.1 Å². The van der Waals surface area contributed by atoms with E-state index in [1.807, 2.05) is 21.3 Å². The largest absolute Gasteiger partial charge is 0.508 e. The Morgan fingerprint density at radius 3 is 1.29 bits per heavy atom. The molecular formula is C51H50N6O12. The average molecular weight is 939 g/mol. The van der Waals surface area contributed by atoms with Gasteiger partial charge in [0.15, 0.2) is 0 Å². The Bertz CT molecular complexity index is 2780. The van der Waals surface area contributed by atoms with Gasteiger partial charge in [-0.3, -0.25) is 28.8 Å². The Morgan fingerprint density at radius 2 is 0.913 bits per heavy atom. The zero-order chi connectivity index (χ0) is 48.9. The number of carbonyl (C=O) groups excluding carboxylic acids is 6. The number of ketones is 2. The van der Waals surface area contributed by atoms with Crippen LogP contribution in [0.4, 0.5) is 0 Å². The quantitative estimate of drug-likeness (QED) is 0.0527. The molecule has 2 aliphatic rings. The van der Waals surface area contributed by atoms with Crippen LogP contribution < -0.4 is 10.6 Å². The van der Waals surface area contributed by atoms with Gasteiger partial charge >= 0.3 is 11.9 Å². The Kier molecular flexibility index (Phi) is 13.9. The maximum Gasteiger partial charge on any atom is 0.326 e. The summed E-state index contributed by atoms with van der Waals surface area (Å²) in [6.45, 7) is 1.000. The average Bonchev–Trinajstić information content (AvgIpc) is 4.18. The summed E-state index contributed by atoms with van der Waals surface area (Å²) in [5.74, 6) is -7.33. The zero-order valence-corrected chi connectivity index (χ0v) is 37.3. The first-order chi connectivity index (χ1) is 33.2. The number of aryl methyl sites for hydroxylation is 2. The number of aromatic nitrogens is 2. The smallest absolute Gasteiger partial charge is 0.326 e. The number of rotatable bonds is 18. The Balaban J connectivity index is 0.930. The van der Waals surface area contributed by atoms with Crippen molar-refractivity contribution >= 4 is 68.9 Å². The first-order valence-corrected chi connectivity index (χ1v) is 22.7. The number of Topliss-reactive ketones (excluding diaryl/α,β-unsaturated/α-hetero) is 2. The highest BCUT2D eigenvalue weighted by molar-refractivity contribution is 6.46. The lowest BCUT2D eigenvalue weighted by Crippen LogP contribution is -2.52. The molecule has 4 heterocycles. The van der Waals surface area contributed by atoms with Crippen molar-refractivity contribution in [3.63, 3.8) is 0 Å². The maximum absolute atomic E-state index is 14.0. The number of nitrogens with one attached hydrogen (secondary N) is 2. The summed E-state index contributed by atoms with van der Waals surface area (Å²) in [5, 5.41) is 45.1. The second-order valence-electron chi connectivity index (χ2n) is 17.4. The number of phenolic OH excluding ortho intramolecular Hbond substituents is 2. The van der Waals surface area contributed by atoms with Crippen molar-refractivity contribution in [3.8, 4) is 11.5 Å². The molecule has 356 valence electrons. The monoisotopic (exact) mass is 938 g/mol. The van der Waals surface area contributed by atoms with Crippen LogP contribution in [0.25, 0.3) is 21.8 Å². The maximum atomic E-state index is 14.0. The summed E-state index contributed by atoms with van der Waals surface area (Å²) in [6, 6.07) is 21.3. The van der Waals surface area contributed by atoms with E-state index in [4.69, 9.17) is 0 Å². The predicted molar refractivity (Wildman–Crippen MR) is 249 cm³/mol. The van der Waals surface area contributed by atoms with Crippen LogP contribution in [0.1, 0.15) is 63.9 Å². The van der Waals surface area contributed by atoms with Crippen LogP contribution in [0, 0.1) is 0 Å². The highest BCUT2D eigenvalue weighted by Crippen LogP contribution is 2.28. The molecule has 0 spiro atoms. The minimum atomic E-state index is -1.32. The van der Waals surface area contributed by atoms with Crippen molar-refractivity contribution in [1.82, 2.24) is 29.6 Å². The molecule has 0 saturated carbocycles. The van der Waals surface area contributed by atoms with E-state index in [9.17, 15) is 58.8 Å². The molecule has 2 aliphatic heterocycles. The predicted octanol–water partition coefficient (Wildman–Crippen LogP) is 4.07. The molecule has 2 saturated heterocycles. The van der Waals surface area contributed by atoms with Crippen molar-refractivity contribution in [2.45, 2.75) is 82.2 Å². The standard InChI is InChI=1S/C51H50N6O12/c58-32-18-14-30(15-19-32)26-38(50(66)67)52-46(62)42-12-5-24-56(42)48(64)44(60)36-28-54(40-10-3-1-8-34(36)40)22-7-23-55-29-37(35-9-2-4-11-41(35)55)45(61)49(65)57-25-6-13-43(57)47(63)53-39(51(68)69)27-31-16-20-33(59)21-17-31/h1-4,8-11,14-21,28-29,38-39,42-43,58-59H,5-7,12-13,22-27H2,(H,52,62)(H,53,63)(H,66,67)(H,68,69)/t38-,39-,42-,43+/m0/s1. The van der Waals surface area contributed by atoms with Crippen LogP contribution in [-0.2, 0) is 54.7 Å². The number of para-hydroxylation sites is 2. The number of aromatic hydroxyl groups is 2. The molecule has 6 N–H and O–H groups in total. The summed E-state index contributed by atoms with van der Waals surface area (Å²) in [6.07, 6.45) is 4.89. The molecule has 2 aromatic heterocycles. The van der Waals surface area contributed by atoms with Gasteiger partial charge in [-0.2, -0.15) is 0 Å². The van der Waals surface area contributed by atoms with E-state index in [1.54, 1.807) is 73.1 Å². The first kappa shape index (κ1) is 47.2. The number of carbonyl (C=O) groups is 8. The lowest BCUT2D eigenvalue weighted by Gasteiger charge is -2.25. The molecule has 18 nitrogen and oxygen atoms in total. The number of likely N-dealkylation sites (tertiary alicyclic amines) is 2. The molecule has 0 bridgehead atoms. The van der Waals surface area contributed by atoms with E-state index < -0.39 is 71.3 Å². The van der Waals surface area contributed by atoms with Crippen LogP contribution in [0.5, 0.6) is 11.5 Å². The molecule has 2 fully saturated rings. The van der Waals surface area contributed by atoms with E-state index in [0.29, 0.717) is 65.3 Å².